The molecule has 1 fully saturated rings. The Labute approximate surface area is 252 Å². The van der Waals surface area contributed by atoms with E-state index in [1.807, 2.05) is 24.3 Å². The van der Waals surface area contributed by atoms with Crippen LogP contribution in [0.4, 0.5) is 4.39 Å². The molecule has 0 saturated carbocycles. The molecule has 0 radical (unpaired) electrons. The highest BCUT2D eigenvalue weighted by atomic mass is 32.2. The molecular formula is C31H29FN8O3S. The molecular weight excluding hydrogens is 583 g/mol. The highest BCUT2D eigenvalue weighted by molar-refractivity contribution is 7.88. The van der Waals surface area contributed by atoms with Crippen LogP contribution in [0, 0.1) is 5.82 Å². The second kappa shape index (κ2) is 11.4. The van der Waals surface area contributed by atoms with Crippen molar-refractivity contribution in [3.8, 4) is 39.5 Å². The van der Waals surface area contributed by atoms with E-state index in [0.29, 0.717) is 28.2 Å². The predicted molar refractivity (Wildman–Crippen MR) is 166 cm³/mol. The molecule has 0 unspecified atom stereocenters. The van der Waals surface area contributed by atoms with Crippen molar-refractivity contribution in [3.63, 3.8) is 0 Å². The van der Waals surface area contributed by atoms with Crippen LogP contribution in [0.25, 0.3) is 55.7 Å². The Balaban J connectivity index is 1.23. The van der Waals surface area contributed by atoms with Crippen LogP contribution in [0.15, 0.2) is 67.3 Å². The van der Waals surface area contributed by atoms with Gasteiger partial charge in [0.2, 0.25) is 10.0 Å². The maximum absolute atomic E-state index is 14.6. The van der Waals surface area contributed by atoms with Gasteiger partial charge in [-0.1, -0.05) is 0 Å². The average molecular weight is 613 g/mol. The van der Waals surface area contributed by atoms with Crippen molar-refractivity contribution in [3.05, 3.63) is 78.6 Å². The van der Waals surface area contributed by atoms with E-state index in [1.165, 1.54) is 12.1 Å². The van der Waals surface area contributed by atoms with Crippen molar-refractivity contribution in [2.75, 3.05) is 19.3 Å². The largest absolute Gasteiger partial charge is 0.489 e. The van der Waals surface area contributed by atoms with Crippen LogP contribution in [-0.2, 0) is 16.6 Å². The summed E-state index contributed by atoms with van der Waals surface area (Å²) in [6.07, 6.45) is 10.1. The van der Waals surface area contributed by atoms with E-state index < -0.39 is 15.8 Å². The fourth-order valence-electron chi connectivity index (χ4n) is 5.53. The summed E-state index contributed by atoms with van der Waals surface area (Å²) in [4.78, 5) is 17.0. The second-order valence-corrected chi connectivity index (χ2v) is 12.7. The Hall–Kier alpha value is -4.72. The predicted octanol–water partition coefficient (Wildman–Crippen LogP) is 4.55. The lowest BCUT2D eigenvalue weighted by atomic mass is 10.0. The zero-order valence-electron chi connectivity index (χ0n) is 23.8. The maximum atomic E-state index is 14.6. The molecule has 1 aliphatic heterocycles. The zero-order valence-corrected chi connectivity index (χ0v) is 24.6. The third-order valence-corrected chi connectivity index (χ3v) is 8.29. The molecule has 44 heavy (non-hydrogen) atoms. The fourth-order valence-corrected chi connectivity index (χ4v) is 5.96. The molecule has 13 heteroatoms. The molecule has 11 nitrogen and oxygen atoms in total. The number of piperidine rings is 1. The van der Waals surface area contributed by atoms with Crippen LogP contribution in [0.3, 0.4) is 0 Å². The van der Waals surface area contributed by atoms with Gasteiger partial charge in [-0.25, -0.2) is 22.5 Å². The molecule has 0 amide bonds. The first-order valence-electron chi connectivity index (χ1n) is 14.2. The van der Waals surface area contributed by atoms with Crippen LogP contribution >= 0.6 is 0 Å². The smallest absolute Gasteiger partial charge is 0.209 e. The van der Waals surface area contributed by atoms with Crippen molar-refractivity contribution in [2.24, 2.45) is 0 Å². The highest BCUT2D eigenvalue weighted by Gasteiger charge is 2.18. The molecule has 6 aromatic rings. The number of pyridine rings is 3. The SMILES string of the molecule is CS(=O)(=O)NCc1cc(F)cc(-c2nccc3[nH]c(-c4n[nH]c5ncc(-c6cncc(OC7CCNCC7)c6)cc45)cc23)c1. The minimum Gasteiger partial charge on any atom is -0.489 e. The maximum Gasteiger partial charge on any atom is 0.209 e. The van der Waals surface area contributed by atoms with Gasteiger partial charge in [-0.3, -0.25) is 15.1 Å². The Morgan fingerprint density at radius 2 is 1.80 bits per heavy atom. The van der Waals surface area contributed by atoms with Crippen molar-refractivity contribution < 1.29 is 17.5 Å². The van der Waals surface area contributed by atoms with E-state index in [-0.39, 0.29) is 12.6 Å². The zero-order chi connectivity index (χ0) is 30.3. The van der Waals surface area contributed by atoms with E-state index >= 15 is 0 Å². The minimum absolute atomic E-state index is 0.0326. The number of rotatable bonds is 8. The number of aromatic amines is 2. The number of aromatic nitrogens is 6. The number of halogens is 1. The Morgan fingerprint density at radius 3 is 2.64 bits per heavy atom. The van der Waals surface area contributed by atoms with Gasteiger partial charge >= 0.3 is 0 Å². The van der Waals surface area contributed by atoms with Gasteiger partial charge in [0.1, 0.15) is 23.4 Å². The molecule has 0 spiro atoms. The molecule has 5 aromatic heterocycles. The third kappa shape index (κ3) is 5.89. The molecule has 0 bridgehead atoms. The summed E-state index contributed by atoms with van der Waals surface area (Å²) >= 11 is 0. The number of H-pyrrole nitrogens is 2. The summed E-state index contributed by atoms with van der Waals surface area (Å²) in [6, 6.07) is 12.2. The van der Waals surface area contributed by atoms with Gasteiger partial charge in [0.25, 0.3) is 0 Å². The normalized spacial score (nSPS) is 14.4. The number of fused-ring (bicyclic) bond motifs is 2. The average Bonchev–Trinajstić information content (AvgIpc) is 3.64. The molecule has 4 N–H and O–H groups in total. The lowest BCUT2D eigenvalue weighted by Gasteiger charge is -2.23. The Kier molecular flexibility index (Phi) is 7.28. The Morgan fingerprint density at radius 1 is 0.955 bits per heavy atom. The number of benzene rings is 1. The fraction of sp³-hybridized carbons (Fsp3) is 0.226. The molecule has 1 aliphatic rings. The summed E-state index contributed by atoms with van der Waals surface area (Å²) in [6.45, 7) is 1.85. The van der Waals surface area contributed by atoms with Gasteiger partial charge in [-0.15, -0.1) is 0 Å². The summed E-state index contributed by atoms with van der Waals surface area (Å²) in [5.74, 6) is 0.240. The molecule has 0 atom stereocenters. The van der Waals surface area contributed by atoms with E-state index in [4.69, 9.17) is 4.74 Å². The summed E-state index contributed by atoms with van der Waals surface area (Å²) in [5, 5.41) is 12.5. The van der Waals surface area contributed by atoms with Crippen molar-refractivity contribution in [2.45, 2.75) is 25.5 Å². The molecule has 6 heterocycles. The van der Waals surface area contributed by atoms with Gasteiger partial charge < -0.3 is 15.0 Å². The summed E-state index contributed by atoms with van der Waals surface area (Å²) in [5.41, 5.74) is 6.14. The third-order valence-electron chi connectivity index (χ3n) is 7.62. The monoisotopic (exact) mass is 612 g/mol. The van der Waals surface area contributed by atoms with Crippen LogP contribution in [0.5, 0.6) is 5.75 Å². The summed E-state index contributed by atoms with van der Waals surface area (Å²) < 4.78 is 46.4. The van der Waals surface area contributed by atoms with E-state index in [0.717, 1.165) is 71.0 Å². The van der Waals surface area contributed by atoms with Crippen LogP contribution in [0.1, 0.15) is 18.4 Å². The van der Waals surface area contributed by atoms with Gasteiger partial charge in [0.15, 0.2) is 5.65 Å². The van der Waals surface area contributed by atoms with Gasteiger partial charge in [-0.2, -0.15) is 5.10 Å². The van der Waals surface area contributed by atoms with Gasteiger partial charge in [0.05, 0.1) is 23.8 Å². The molecule has 1 aromatic carbocycles. The number of ether oxygens (including phenoxy) is 1. The van der Waals surface area contributed by atoms with E-state index in [9.17, 15) is 12.8 Å². The van der Waals surface area contributed by atoms with Crippen LogP contribution in [-0.4, -0.2) is 64.0 Å². The van der Waals surface area contributed by atoms with Gasteiger partial charge in [-0.05, 0) is 74.0 Å². The first kappa shape index (κ1) is 28.1. The molecule has 7 rings (SSSR count). The van der Waals surface area contributed by atoms with E-state index in [2.05, 4.69) is 40.2 Å². The lowest BCUT2D eigenvalue weighted by molar-refractivity contribution is 0.162. The Bertz CT molecular complexity index is 2100. The van der Waals surface area contributed by atoms with E-state index in [1.54, 1.807) is 30.9 Å². The second-order valence-electron chi connectivity index (χ2n) is 10.9. The topological polar surface area (TPSA) is 151 Å². The minimum atomic E-state index is -3.44. The summed E-state index contributed by atoms with van der Waals surface area (Å²) in [7, 11) is -3.44. The molecule has 1 saturated heterocycles. The highest BCUT2D eigenvalue weighted by Crippen LogP contribution is 2.34. The molecule has 224 valence electrons. The number of nitrogens with one attached hydrogen (secondary N) is 4. The number of sulfonamides is 1. The first-order chi connectivity index (χ1) is 21.3. The van der Waals surface area contributed by atoms with Crippen molar-refractivity contribution >= 4 is 32.0 Å². The number of hydrogen-bond acceptors (Lipinski definition) is 8. The first-order valence-corrected chi connectivity index (χ1v) is 16.1. The number of hydrogen-bond donors (Lipinski definition) is 4. The number of nitrogens with zero attached hydrogens (tertiary/aromatic N) is 4. The van der Waals surface area contributed by atoms with Crippen LogP contribution in [0.2, 0.25) is 0 Å². The van der Waals surface area contributed by atoms with Crippen LogP contribution < -0.4 is 14.8 Å². The quantitative estimate of drug-likeness (QED) is 0.196. The molecule has 0 aliphatic carbocycles. The standard InChI is InChI=1S/C31H29FN8O3S/c1-44(41,42)37-14-18-8-19(10-22(32)9-18)29-25-13-28(38-27(25)4-7-35-29)30-26-12-21(16-36-31(26)40-39-30)20-11-24(17-34-15-20)43-23-2-5-33-6-3-23/h4,7-13,15-17,23,33,37-38H,2-3,5-6,14H2,1H3,(H,36,39,40). The van der Waals surface area contributed by atoms with Crippen molar-refractivity contribution in [1.82, 2.24) is 40.2 Å². The lowest BCUT2D eigenvalue weighted by Crippen LogP contribution is -2.34. The van der Waals surface area contributed by atoms with Gasteiger partial charge in [0, 0.05) is 58.1 Å². The van der Waals surface area contributed by atoms with Crippen molar-refractivity contribution in [1.29, 1.82) is 0 Å².